The molecule has 3 aromatic rings. The third-order valence-corrected chi connectivity index (χ3v) is 5.74. The summed E-state index contributed by atoms with van der Waals surface area (Å²) in [4.78, 5) is 0. The van der Waals surface area contributed by atoms with Crippen LogP contribution in [0.3, 0.4) is 0 Å². The van der Waals surface area contributed by atoms with Crippen molar-refractivity contribution < 1.29 is 4.74 Å². The summed E-state index contributed by atoms with van der Waals surface area (Å²) in [6.07, 6.45) is 5.83. The van der Waals surface area contributed by atoms with Gasteiger partial charge in [-0.3, -0.25) is 0 Å². The topological polar surface area (TPSA) is 21.3 Å². The van der Waals surface area contributed by atoms with Crippen molar-refractivity contribution in [1.29, 1.82) is 0 Å². The molecule has 1 heterocycles. The van der Waals surface area contributed by atoms with Crippen molar-refractivity contribution in [3.8, 4) is 5.75 Å². The zero-order chi connectivity index (χ0) is 16.8. The number of anilines is 1. The van der Waals surface area contributed by atoms with Gasteiger partial charge in [-0.05, 0) is 40.3 Å². The fourth-order valence-electron chi connectivity index (χ4n) is 4.59. The first-order valence-electron chi connectivity index (χ1n) is 8.94. The number of benzene rings is 3. The van der Waals surface area contributed by atoms with Crippen molar-refractivity contribution in [3.05, 3.63) is 83.9 Å². The fraction of sp³-hybridized carbons (Fsp3) is 0.217. The fourth-order valence-corrected chi connectivity index (χ4v) is 4.59. The Kier molecular flexibility index (Phi) is 3.30. The van der Waals surface area contributed by atoms with E-state index in [4.69, 9.17) is 4.74 Å². The van der Waals surface area contributed by atoms with E-state index in [9.17, 15) is 0 Å². The van der Waals surface area contributed by atoms with E-state index >= 15 is 0 Å². The van der Waals surface area contributed by atoms with E-state index < -0.39 is 0 Å². The van der Waals surface area contributed by atoms with Crippen LogP contribution in [0.4, 0.5) is 5.69 Å². The van der Waals surface area contributed by atoms with Gasteiger partial charge in [0.15, 0.2) is 0 Å². The molecule has 1 N–H and O–H groups in total. The molecule has 0 bridgehead atoms. The molecule has 1 aliphatic heterocycles. The first kappa shape index (κ1) is 14.6. The molecule has 1 aliphatic carbocycles. The molecule has 0 aromatic heterocycles. The zero-order valence-corrected chi connectivity index (χ0v) is 14.3. The van der Waals surface area contributed by atoms with E-state index in [1.54, 1.807) is 7.11 Å². The molecule has 0 radical (unpaired) electrons. The standard InChI is InChI=1S/C23H21NO/c1-25-21-14-6-13-20-17-10-5-12-19(17)22(24-23(20)21)18-11-4-8-15-7-2-3-9-16(15)18/h2-11,13-14,17,19,22,24H,12H2,1H3/t17-,19-,22-/m0/s1. The summed E-state index contributed by atoms with van der Waals surface area (Å²) in [6, 6.07) is 22.0. The molecule has 0 unspecified atom stereocenters. The molecule has 0 amide bonds. The Labute approximate surface area is 148 Å². The van der Waals surface area contributed by atoms with Gasteiger partial charge < -0.3 is 10.1 Å². The summed E-state index contributed by atoms with van der Waals surface area (Å²) in [5, 5.41) is 6.47. The van der Waals surface area contributed by atoms with Crippen molar-refractivity contribution >= 4 is 16.5 Å². The minimum Gasteiger partial charge on any atom is -0.495 e. The summed E-state index contributed by atoms with van der Waals surface area (Å²) in [5.41, 5.74) is 3.89. The van der Waals surface area contributed by atoms with Crippen LogP contribution in [0.25, 0.3) is 10.8 Å². The Balaban J connectivity index is 1.70. The molecular formula is C23H21NO. The van der Waals surface area contributed by atoms with Crippen LogP contribution in [0.15, 0.2) is 72.8 Å². The molecule has 0 saturated heterocycles. The Bertz CT molecular complexity index is 969. The number of para-hydroxylation sites is 1. The third kappa shape index (κ3) is 2.17. The summed E-state index contributed by atoms with van der Waals surface area (Å²) >= 11 is 0. The summed E-state index contributed by atoms with van der Waals surface area (Å²) in [7, 11) is 1.75. The van der Waals surface area contributed by atoms with Crippen molar-refractivity contribution in [3.63, 3.8) is 0 Å². The van der Waals surface area contributed by atoms with Crippen molar-refractivity contribution in [2.75, 3.05) is 12.4 Å². The van der Waals surface area contributed by atoms with E-state index in [0.29, 0.717) is 11.8 Å². The lowest BCUT2D eigenvalue weighted by atomic mass is 9.76. The molecule has 0 spiro atoms. The van der Waals surface area contributed by atoms with Crippen LogP contribution in [0.1, 0.15) is 29.5 Å². The largest absolute Gasteiger partial charge is 0.495 e. The average molecular weight is 327 g/mol. The van der Waals surface area contributed by atoms with Gasteiger partial charge in [-0.25, -0.2) is 0 Å². The van der Waals surface area contributed by atoms with Gasteiger partial charge in [-0.2, -0.15) is 0 Å². The van der Waals surface area contributed by atoms with Crippen LogP contribution in [-0.2, 0) is 0 Å². The SMILES string of the molecule is COc1cccc2c1N[C@@H](c1cccc3ccccc13)[C@H]1CC=C[C@H]21. The van der Waals surface area contributed by atoms with Crippen LogP contribution < -0.4 is 10.1 Å². The number of fused-ring (bicyclic) bond motifs is 4. The number of hydrogen-bond donors (Lipinski definition) is 1. The predicted octanol–water partition coefficient (Wildman–Crippen LogP) is 5.67. The summed E-state index contributed by atoms with van der Waals surface area (Å²) in [5.74, 6) is 1.93. The number of hydrogen-bond acceptors (Lipinski definition) is 2. The van der Waals surface area contributed by atoms with Gasteiger partial charge in [0, 0.05) is 5.92 Å². The van der Waals surface area contributed by atoms with Gasteiger partial charge in [-0.15, -0.1) is 0 Å². The van der Waals surface area contributed by atoms with Gasteiger partial charge in [0.2, 0.25) is 0 Å². The number of ether oxygens (including phenoxy) is 1. The molecule has 0 fully saturated rings. The van der Waals surface area contributed by atoms with Crippen molar-refractivity contribution in [2.24, 2.45) is 5.92 Å². The average Bonchev–Trinajstić information content (AvgIpc) is 3.16. The summed E-state index contributed by atoms with van der Waals surface area (Å²) < 4.78 is 5.65. The lowest BCUT2D eigenvalue weighted by molar-refractivity contribution is 0.398. The Hall–Kier alpha value is -2.74. The Morgan fingerprint density at radius 1 is 0.920 bits per heavy atom. The first-order valence-corrected chi connectivity index (χ1v) is 8.94. The first-order chi connectivity index (χ1) is 12.4. The van der Waals surface area contributed by atoms with Crippen LogP contribution in [-0.4, -0.2) is 7.11 Å². The van der Waals surface area contributed by atoms with E-state index in [-0.39, 0.29) is 6.04 Å². The van der Waals surface area contributed by atoms with E-state index in [0.717, 1.165) is 17.9 Å². The molecule has 25 heavy (non-hydrogen) atoms. The normalized spacial score (nSPS) is 23.8. The number of rotatable bonds is 2. The second-order valence-electron chi connectivity index (χ2n) is 6.97. The molecular weight excluding hydrogens is 306 g/mol. The van der Waals surface area contributed by atoms with Gasteiger partial charge in [0.25, 0.3) is 0 Å². The van der Waals surface area contributed by atoms with Crippen LogP contribution in [0, 0.1) is 5.92 Å². The Morgan fingerprint density at radius 2 is 1.72 bits per heavy atom. The third-order valence-electron chi connectivity index (χ3n) is 5.74. The number of nitrogens with one attached hydrogen (secondary N) is 1. The van der Waals surface area contributed by atoms with Crippen LogP contribution in [0.2, 0.25) is 0 Å². The molecule has 5 rings (SSSR count). The lowest BCUT2D eigenvalue weighted by Crippen LogP contribution is -2.29. The highest BCUT2D eigenvalue weighted by Gasteiger charge is 2.39. The van der Waals surface area contributed by atoms with E-state index in [2.05, 4.69) is 72.1 Å². The van der Waals surface area contributed by atoms with Crippen molar-refractivity contribution in [2.45, 2.75) is 18.4 Å². The van der Waals surface area contributed by atoms with E-state index in [1.165, 1.54) is 21.9 Å². The second kappa shape index (κ2) is 5.66. The molecule has 2 heteroatoms. The minimum absolute atomic E-state index is 0.287. The molecule has 3 aromatic carbocycles. The monoisotopic (exact) mass is 327 g/mol. The maximum atomic E-state index is 5.65. The maximum absolute atomic E-state index is 5.65. The minimum atomic E-state index is 0.287. The smallest absolute Gasteiger partial charge is 0.142 e. The second-order valence-corrected chi connectivity index (χ2v) is 6.97. The van der Waals surface area contributed by atoms with Crippen LogP contribution >= 0.6 is 0 Å². The number of methoxy groups -OCH3 is 1. The summed E-state index contributed by atoms with van der Waals surface area (Å²) in [6.45, 7) is 0. The molecule has 0 saturated carbocycles. The van der Waals surface area contributed by atoms with Gasteiger partial charge in [0.1, 0.15) is 5.75 Å². The number of allylic oxidation sites excluding steroid dienone is 2. The highest BCUT2D eigenvalue weighted by atomic mass is 16.5. The van der Waals surface area contributed by atoms with Gasteiger partial charge >= 0.3 is 0 Å². The molecule has 124 valence electrons. The Morgan fingerprint density at radius 3 is 2.64 bits per heavy atom. The molecule has 2 nitrogen and oxygen atoms in total. The predicted molar refractivity (Wildman–Crippen MR) is 103 cm³/mol. The lowest BCUT2D eigenvalue weighted by Gasteiger charge is -2.38. The van der Waals surface area contributed by atoms with Crippen molar-refractivity contribution in [1.82, 2.24) is 0 Å². The van der Waals surface area contributed by atoms with Gasteiger partial charge in [0.05, 0.1) is 18.8 Å². The maximum Gasteiger partial charge on any atom is 0.142 e. The van der Waals surface area contributed by atoms with E-state index in [1.807, 2.05) is 6.07 Å². The quantitative estimate of drug-likeness (QED) is 0.612. The zero-order valence-electron chi connectivity index (χ0n) is 14.3. The highest BCUT2D eigenvalue weighted by Crippen LogP contribution is 2.52. The molecule has 3 atom stereocenters. The van der Waals surface area contributed by atoms with Gasteiger partial charge in [-0.1, -0.05) is 66.7 Å². The van der Waals surface area contributed by atoms with Crippen LogP contribution in [0.5, 0.6) is 5.75 Å². The highest BCUT2D eigenvalue weighted by molar-refractivity contribution is 5.87. The molecule has 2 aliphatic rings.